The molecule has 0 aromatic carbocycles. The molecule has 0 unspecified atom stereocenters. The summed E-state index contributed by atoms with van der Waals surface area (Å²) in [5.41, 5.74) is -0.590. The molecule has 0 radical (unpaired) electrons. The van der Waals surface area contributed by atoms with Crippen molar-refractivity contribution < 1.29 is 10.2 Å². The van der Waals surface area contributed by atoms with Crippen LogP contribution in [0.5, 0.6) is 0 Å². The maximum Gasteiger partial charge on any atom is 0.155 e. The average molecular weight is 260 g/mol. The molecule has 100 valence electrons. The highest BCUT2D eigenvalue weighted by atomic mass is 32.2. The van der Waals surface area contributed by atoms with E-state index in [1.165, 1.54) is 37.4 Å². The molecule has 1 saturated carbocycles. The fourth-order valence-corrected chi connectivity index (χ4v) is 4.10. The summed E-state index contributed by atoms with van der Waals surface area (Å²) in [6.45, 7) is 0. The number of aliphatic hydroxyl groups is 2. The molecule has 5 heteroatoms. The molecule has 2 fully saturated rings. The number of thioether (sulfide) groups is 1. The van der Waals surface area contributed by atoms with Crippen molar-refractivity contribution in [1.82, 2.24) is 10.2 Å². The highest BCUT2D eigenvalue weighted by Gasteiger charge is 2.34. The average Bonchev–Trinajstić information content (AvgIpc) is 2.58. The lowest BCUT2D eigenvalue weighted by Crippen LogP contribution is -2.35. The number of nitrogens with one attached hydrogen (secondary N) is 1. The first-order chi connectivity index (χ1) is 8.06. The Balaban J connectivity index is 1.74. The van der Waals surface area contributed by atoms with Gasteiger partial charge >= 0.3 is 0 Å². The molecule has 0 spiro atoms. The standard InChI is InChI=1S/C12H24N2O2S/c1-14(2)9-5-3-8(4-6-9)7-10-11(15)13-12(16)17-10/h8-13,15-16H,3-7H2,1-2H3/t8?,9?,10-,11+,12-/m1/s1. The van der Waals surface area contributed by atoms with Crippen LogP contribution in [0.2, 0.25) is 0 Å². The molecule has 17 heavy (non-hydrogen) atoms. The van der Waals surface area contributed by atoms with Crippen LogP contribution in [-0.2, 0) is 0 Å². The van der Waals surface area contributed by atoms with Gasteiger partial charge in [-0.1, -0.05) is 0 Å². The Hall–Kier alpha value is 0.190. The lowest BCUT2D eigenvalue weighted by atomic mass is 9.83. The number of hydrogen-bond acceptors (Lipinski definition) is 5. The zero-order chi connectivity index (χ0) is 12.4. The molecule has 1 saturated heterocycles. The lowest BCUT2D eigenvalue weighted by molar-refractivity contribution is 0.0910. The van der Waals surface area contributed by atoms with Crippen LogP contribution in [0.1, 0.15) is 32.1 Å². The molecule has 3 N–H and O–H groups in total. The monoisotopic (exact) mass is 260 g/mol. The van der Waals surface area contributed by atoms with Crippen LogP contribution in [0.4, 0.5) is 0 Å². The minimum absolute atomic E-state index is 0.158. The molecule has 1 aliphatic heterocycles. The second-order valence-electron chi connectivity index (χ2n) is 5.51. The number of aliphatic hydroxyl groups excluding tert-OH is 2. The summed E-state index contributed by atoms with van der Waals surface area (Å²) in [5.74, 6) is 0.713. The predicted molar refractivity (Wildman–Crippen MR) is 70.6 cm³/mol. The van der Waals surface area contributed by atoms with Gasteiger partial charge in [-0.05, 0) is 52.1 Å². The molecule has 0 aromatic rings. The van der Waals surface area contributed by atoms with Crippen molar-refractivity contribution in [2.45, 2.75) is 55.2 Å². The third kappa shape index (κ3) is 3.58. The summed E-state index contributed by atoms with van der Waals surface area (Å²) in [6.07, 6.45) is 5.52. The summed E-state index contributed by atoms with van der Waals surface area (Å²) < 4.78 is 0. The third-order valence-electron chi connectivity index (χ3n) is 4.08. The molecule has 1 aliphatic carbocycles. The zero-order valence-corrected chi connectivity index (χ0v) is 11.5. The Labute approximate surface area is 108 Å². The van der Waals surface area contributed by atoms with E-state index in [1.807, 2.05) is 0 Å². The van der Waals surface area contributed by atoms with E-state index in [1.54, 1.807) is 0 Å². The van der Waals surface area contributed by atoms with E-state index < -0.39 is 11.8 Å². The maximum atomic E-state index is 9.73. The summed E-state index contributed by atoms with van der Waals surface area (Å²) in [6, 6.07) is 0.733. The second-order valence-corrected chi connectivity index (χ2v) is 6.84. The van der Waals surface area contributed by atoms with E-state index >= 15 is 0 Å². The van der Waals surface area contributed by atoms with Gasteiger partial charge in [-0.15, -0.1) is 11.8 Å². The van der Waals surface area contributed by atoms with Crippen molar-refractivity contribution in [3.63, 3.8) is 0 Å². The summed E-state index contributed by atoms with van der Waals surface area (Å²) in [7, 11) is 4.31. The van der Waals surface area contributed by atoms with Gasteiger partial charge in [0.25, 0.3) is 0 Å². The van der Waals surface area contributed by atoms with E-state index in [-0.39, 0.29) is 5.25 Å². The van der Waals surface area contributed by atoms with Crippen LogP contribution >= 0.6 is 11.8 Å². The van der Waals surface area contributed by atoms with Gasteiger partial charge in [0.05, 0.1) is 0 Å². The smallest absolute Gasteiger partial charge is 0.155 e. The summed E-state index contributed by atoms with van der Waals surface area (Å²) in [5, 5.41) is 22.0. The number of hydrogen-bond donors (Lipinski definition) is 3. The van der Waals surface area contributed by atoms with E-state index in [9.17, 15) is 10.2 Å². The van der Waals surface area contributed by atoms with Crippen LogP contribution < -0.4 is 5.32 Å². The highest BCUT2D eigenvalue weighted by molar-refractivity contribution is 8.00. The molecule has 0 aromatic heterocycles. The Morgan fingerprint density at radius 2 is 1.82 bits per heavy atom. The maximum absolute atomic E-state index is 9.73. The van der Waals surface area contributed by atoms with E-state index in [0.29, 0.717) is 5.92 Å². The predicted octanol–water partition coefficient (Wildman–Crippen LogP) is 0.796. The van der Waals surface area contributed by atoms with Crippen LogP contribution in [0.25, 0.3) is 0 Å². The van der Waals surface area contributed by atoms with Crippen LogP contribution in [0, 0.1) is 5.92 Å². The summed E-state index contributed by atoms with van der Waals surface area (Å²) in [4.78, 5) is 2.32. The quantitative estimate of drug-likeness (QED) is 0.701. The van der Waals surface area contributed by atoms with Gasteiger partial charge in [0.1, 0.15) is 6.23 Å². The number of nitrogens with zero attached hydrogens (tertiary/aromatic N) is 1. The molecule has 4 nitrogen and oxygen atoms in total. The van der Waals surface area contributed by atoms with E-state index in [2.05, 4.69) is 24.3 Å². The molecule has 3 atom stereocenters. The molecular formula is C12H24N2O2S. The van der Waals surface area contributed by atoms with Crippen LogP contribution in [0.15, 0.2) is 0 Å². The summed E-state index contributed by atoms with van der Waals surface area (Å²) >= 11 is 1.46. The SMILES string of the molecule is CN(C)C1CCC(C[C@H]2S[C@@H](O)N[C@H]2O)CC1. The minimum atomic E-state index is -0.590. The number of rotatable bonds is 3. The van der Waals surface area contributed by atoms with Crippen molar-refractivity contribution in [1.29, 1.82) is 0 Å². The molecule has 1 heterocycles. The fourth-order valence-electron chi connectivity index (χ4n) is 2.94. The van der Waals surface area contributed by atoms with Gasteiger partial charge < -0.3 is 15.1 Å². The topological polar surface area (TPSA) is 55.7 Å². The Morgan fingerprint density at radius 1 is 1.18 bits per heavy atom. The second kappa shape index (κ2) is 5.89. The van der Waals surface area contributed by atoms with Gasteiger partial charge in [-0.2, -0.15) is 0 Å². The van der Waals surface area contributed by atoms with Gasteiger partial charge in [-0.25, -0.2) is 0 Å². The Bertz CT molecular complexity index is 245. The van der Waals surface area contributed by atoms with Crippen molar-refractivity contribution in [3.05, 3.63) is 0 Å². The first-order valence-corrected chi connectivity index (χ1v) is 7.44. The van der Waals surface area contributed by atoms with Crippen molar-refractivity contribution in [2.24, 2.45) is 5.92 Å². The van der Waals surface area contributed by atoms with Gasteiger partial charge in [0.15, 0.2) is 5.56 Å². The zero-order valence-electron chi connectivity index (χ0n) is 10.7. The molecule has 0 amide bonds. The molecular weight excluding hydrogens is 236 g/mol. The Kier molecular flexibility index (Phi) is 4.72. The third-order valence-corrected chi connectivity index (χ3v) is 5.28. The van der Waals surface area contributed by atoms with E-state index in [4.69, 9.17) is 0 Å². The van der Waals surface area contributed by atoms with Crippen molar-refractivity contribution in [2.75, 3.05) is 14.1 Å². The minimum Gasteiger partial charge on any atom is -0.377 e. The van der Waals surface area contributed by atoms with Crippen LogP contribution in [0.3, 0.4) is 0 Å². The first-order valence-electron chi connectivity index (χ1n) is 6.50. The fraction of sp³-hybridized carbons (Fsp3) is 1.00. The Morgan fingerprint density at radius 3 is 2.29 bits per heavy atom. The van der Waals surface area contributed by atoms with Crippen molar-refractivity contribution in [3.8, 4) is 0 Å². The van der Waals surface area contributed by atoms with Gasteiger partial charge in [-0.3, -0.25) is 5.32 Å². The highest BCUT2D eigenvalue weighted by Crippen LogP contribution is 2.36. The van der Waals surface area contributed by atoms with Gasteiger partial charge in [0, 0.05) is 11.3 Å². The van der Waals surface area contributed by atoms with Gasteiger partial charge in [0.2, 0.25) is 0 Å². The largest absolute Gasteiger partial charge is 0.377 e. The molecule has 2 aliphatic rings. The van der Waals surface area contributed by atoms with Crippen molar-refractivity contribution >= 4 is 11.8 Å². The first kappa shape index (κ1) is 13.6. The van der Waals surface area contributed by atoms with Crippen LogP contribution in [-0.4, -0.2) is 52.3 Å². The normalized spacial score (nSPS) is 43.2. The molecule has 2 rings (SSSR count). The molecule has 0 bridgehead atoms. The van der Waals surface area contributed by atoms with E-state index in [0.717, 1.165) is 12.5 Å². The lowest BCUT2D eigenvalue weighted by Gasteiger charge is -2.33.